The number of rotatable bonds is 3. The van der Waals surface area contributed by atoms with Crippen LogP contribution in [0.1, 0.15) is 28.3 Å². The Morgan fingerprint density at radius 3 is 2.41 bits per heavy atom. The van der Waals surface area contributed by atoms with Gasteiger partial charge in [-0.3, -0.25) is 10.3 Å². The lowest BCUT2D eigenvalue weighted by molar-refractivity contribution is 0.158. The first-order valence-electron chi connectivity index (χ1n) is 8.72. The molecular weight excluding hydrogens is 336 g/mol. The van der Waals surface area contributed by atoms with Gasteiger partial charge in [0.1, 0.15) is 6.61 Å². The molecule has 0 bridgehead atoms. The second-order valence-electron chi connectivity index (χ2n) is 6.45. The smallest absolute Gasteiger partial charge is 0.411 e. The first kappa shape index (κ1) is 16.9. The van der Waals surface area contributed by atoms with E-state index in [1.54, 1.807) is 12.3 Å². The zero-order valence-electron chi connectivity index (χ0n) is 14.9. The Morgan fingerprint density at radius 2 is 1.78 bits per heavy atom. The van der Waals surface area contributed by atoms with E-state index in [1.807, 2.05) is 31.2 Å². The number of anilines is 1. The normalized spacial score (nSPS) is 12.0. The van der Waals surface area contributed by atoms with Crippen molar-refractivity contribution in [2.75, 3.05) is 11.9 Å². The van der Waals surface area contributed by atoms with Crippen molar-refractivity contribution in [3.8, 4) is 23.5 Å². The van der Waals surface area contributed by atoms with Crippen LogP contribution in [0.5, 0.6) is 0 Å². The summed E-state index contributed by atoms with van der Waals surface area (Å²) >= 11 is 0. The van der Waals surface area contributed by atoms with Gasteiger partial charge >= 0.3 is 6.09 Å². The first-order chi connectivity index (χ1) is 13.2. The summed E-state index contributed by atoms with van der Waals surface area (Å²) in [6, 6.07) is 18.2. The molecule has 0 unspecified atom stereocenters. The van der Waals surface area contributed by atoms with Gasteiger partial charge in [0.15, 0.2) is 0 Å². The van der Waals surface area contributed by atoms with Crippen molar-refractivity contribution in [3.05, 3.63) is 83.2 Å². The lowest BCUT2D eigenvalue weighted by Gasteiger charge is -2.14. The predicted molar refractivity (Wildman–Crippen MR) is 106 cm³/mol. The third kappa shape index (κ3) is 3.16. The molecule has 1 aliphatic carbocycles. The van der Waals surface area contributed by atoms with E-state index in [2.05, 4.69) is 40.5 Å². The number of carbonyl (C=O) groups excluding carboxylic acids is 1. The number of benzene rings is 2. The van der Waals surface area contributed by atoms with Gasteiger partial charge in [0.05, 0.1) is 17.6 Å². The third-order valence-corrected chi connectivity index (χ3v) is 4.83. The summed E-state index contributed by atoms with van der Waals surface area (Å²) in [5.74, 6) is 2.58. The van der Waals surface area contributed by atoms with E-state index in [-0.39, 0.29) is 12.5 Å². The van der Waals surface area contributed by atoms with Crippen molar-refractivity contribution in [1.29, 1.82) is 0 Å². The molecule has 0 saturated carbocycles. The van der Waals surface area contributed by atoms with Crippen LogP contribution in [0.25, 0.3) is 11.1 Å². The van der Waals surface area contributed by atoms with Gasteiger partial charge in [-0.2, -0.15) is 0 Å². The zero-order valence-corrected chi connectivity index (χ0v) is 14.9. The van der Waals surface area contributed by atoms with Gasteiger partial charge < -0.3 is 4.74 Å². The summed E-state index contributed by atoms with van der Waals surface area (Å²) in [7, 11) is 0. The van der Waals surface area contributed by atoms with E-state index in [9.17, 15) is 4.79 Å². The minimum atomic E-state index is -0.523. The number of aryl methyl sites for hydroxylation is 1. The number of hydrogen-bond donors (Lipinski definition) is 1. The van der Waals surface area contributed by atoms with Crippen molar-refractivity contribution in [1.82, 2.24) is 4.98 Å². The Kier molecular flexibility index (Phi) is 4.35. The van der Waals surface area contributed by atoms with Crippen molar-refractivity contribution in [2.24, 2.45) is 0 Å². The molecule has 1 heterocycles. The molecule has 132 valence electrons. The van der Waals surface area contributed by atoms with Crippen molar-refractivity contribution in [2.45, 2.75) is 12.8 Å². The van der Waals surface area contributed by atoms with E-state index in [0.29, 0.717) is 11.3 Å². The third-order valence-electron chi connectivity index (χ3n) is 4.83. The number of hydrogen-bond acceptors (Lipinski definition) is 3. The first-order valence-corrected chi connectivity index (χ1v) is 8.72. The SMILES string of the molecule is C#Cc1cc(NC(=O)OCC2c3ccccc3-c3ccccc32)cnc1C. The second kappa shape index (κ2) is 6.97. The van der Waals surface area contributed by atoms with Crippen LogP contribution in [0.15, 0.2) is 60.8 Å². The van der Waals surface area contributed by atoms with Crippen LogP contribution in [0.2, 0.25) is 0 Å². The van der Waals surface area contributed by atoms with Gasteiger partial charge in [-0.05, 0) is 35.2 Å². The molecule has 0 aliphatic heterocycles. The molecular formula is C23H18N2O2. The molecule has 0 radical (unpaired) electrons. The Bertz CT molecular complexity index is 1020. The van der Waals surface area contributed by atoms with Crippen molar-refractivity contribution in [3.63, 3.8) is 0 Å². The fraction of sp³-hybridized carbons (Fsp3) is 0.130. The molecule has 0 fully saturated rings. The highest BCUT2D eigenvalue weighted by Crippen LogP contribution is 2.44. The van der Waals surface area contributed by atoms with E-state index in [4.69, 9.17) is 11.2 Å². The van der Waals surface area contributed by atoms with Gasteiger partial charge in [0.2, 0.25) is 0 Å². The Morgan fingerprint density at radius 1 is 1.15 bits per heavy atom. The van der Waals surface area contributed by atoms with E-state index in [0.717, 1.165) is 5.69 Å². The molecule has 27 heavy (non-hydrogen) atoms. The van der Waals surface area contributed by atoms with Crippen LogP contribution >= 0.6 is 0 Å². The van der Waals surface area contributed by atoms with E-state index >= 15 is 0 Å². The fourth-order valence-corrected chi connectivity index (χ4v) is 3.50. The molecule has 1 aromatic heterocycles. The molecule has 3 aromatic rings. The Balaban J connectivity index is 1.49. The summed E-state index contributed by atoms with van der Waals surface area (Å²) in [6.45, 7) is 2.09. The number of fused-ring (bicyclic) bond motifs is 3. The average molecular weight is 354 g/mol. The number of ether oxygens (including phenoxy) is 1. The molecule has 1 N–H and O–H groups in total. The molecule has 4 nitrogen and oxygen atoms in total. The highest BCUT2D eigenvalue weighted by Gasteiger charge is 2.28. The highest BCUT2D eigenvalue weighted by atomic mass is 16.5. The Labute approximate surface area is 158 Å². The maximum Gasteiger partial charge on any atom is 0.411 e. The molecule has 1 aliphatic rings. The minimum Gasteiger partial charge on any atom is -0.448 e. The minimum absolute atomic E-state index is 0.0283. The summed E-state index contributed by atoms with van der Waals surface area (Å²) in [6.07, 6.45) is 6.49. The van der Waals surface area contributed by atoms with E-state index < -0.39 is 6.09 Å². The molecule has 0 atom stereocenters. The van der Waals surface area contributed by atoms with Crippen LogP contribution in [0.3, 0.4) is 0 Å². The molecule has 2 aromatic carbocycles. The van der Waals surface area contributed by atoms with E-state index in [1.165, 1.54) is 22.3 Å². The number of pyridine rings is 1. The topological polar surface area (TPSA) is 51.2 Å². The van der Waals surface area contributed by atoms with Crippen LogP contribution in [-0.4, -0.2) is 17.7 Å². The zero-order chi connectivity index (χ0) is 18.8. The maximum absolute atomic E-state index is 12.3. The quantitative estimate of drug-likeness (QED) is 0.692. The second-order valence-corrected chi connectivity index (χ2v) is 6.45. The molecule has 4 rings (SSSR count). The summed E-state index contributed by atoms with van der Waals surface area (Å²) in [5.41, 5.74) is 6.66. The lowest BCUT2D eigenvalue weighted by Crippen LogP contribution is -2.18. The number of nitrogens with one attached hydrogen (secondary N) is 1. The number of carbonyl (C=O) groups is 1. The number of amides is 1. The van der Waals surface area contributed by atoms with Crippen molar-refractivity contribution < 1.29 is 9.53 Å². The number of nitrogens with zero attached hydrogens (tertiary/aromatic N) is 1. The largest absolute Gasteiger partial charge is 0.448 e. The Hall–Kier alpha value is -3.58. The summed E-state index contributed by atoms with van der Waals surface area (Å²) < 4.78 is 5.52. The maximum atomic E-state index is 12.3. The van der Waals surface area contributed by atoms with Gasteiger partial charge in [-0.15, -0.1) is 6.42 Å². The summed E-state index contributed by atoms with van der Waals surface area (Å²) in [4.78, 5) is 16.5. The van der Waals surface area contributed by atoms with Gasteiger partial charge in [0.25, 0.3) is 0 Å². The number of aromatic nitrogens is 1. The molecule has 1 amide bonds. The van der Waals surface area contributed by atoms with Crippen LogP contribution in [0.4, 0.5) is 10.5 Å². The van der Waals surface area contributed by atoms with Gasteiger partial charge in [-0.25, -0.2) is 4.79 Å². The highest BCUT2D eigenvalue weighted by molar-refractivity contribution is 5.85. The summed E-state index contributed by atoms with van der Waals surface area (Å²) in [5, 5.41) is 2.70. The predicted octanol–water partition coefficient (Wildman–Crippen LogP) is 4.73. The molecule has 0 spiro atoms. The average Bonchev–Trinajstić information content (AvgIpc) is 3.02. The van der Waals surface area contributed by atoms with Crippen molar-refractivity contribution >= 4 is 11.8 Å². The number of terminal acetylenes is 1. The standard InChI is InChI=1S/C23H18N2O2/c1-3-16-12-17(13-24-15(16)2)25-23(26)27-14-22-20-10-6-4-8-18(20)19-9-5-7-11-21(19)22/h1,4-13,22H,14H2,2H3,(H,25,26). The monoisotopic (exact) mass is 354 g/mol. The lowest BCUT2D eigenvalue weighted by atomic mass is 9.98. The van der Waals surface area contributed by atoms with Crippen LogP contribution in [0, 0.1) is 19.3 Å². The van der Waals surface area contributed by atoms with Gasteiger partial charge in [0, 0.05) is 11.5 Å². The van der Waals surface area contributed by atoms with Gasteiger partial charge in [-0.1, -0.05) is 54.5 Å². The molecule has 0 saturated heterocycles. The van der Waals surface area contributed by atoms with Crippen LogP contribution in [-0.2, 0) is 4.74 Å². The fourth-order valence-electron chi connectivity index (χ4n) is 3.50. The molecule has 4 heteroatoms. The van der Waals surface area contributed by atoms with Crippen LogP contribution < -0.4 is 5.32 Å².